The first-order valence-electron chi connectivity index (χ1n) is 4.25. The molecule has 2 rings (SSSR count). The van der Waals surface area contributed by atoms with Crippen LogP contribution in [0.25, 0.3) is 5.57 Å². The second-order valence-corrected chi connectivity index (χ2v) is 3.18. The summed E-state index contributed by atoms with van der Waals surface area (Å²) in [5, 5.41) is 0. The molecule has 0 saturated carbocycles. The number of hydrogen-bond donors (Lipinski definition) is 1. The van der Waals surface area contributed by atoms with Gasteiger partial charge in [0.05, 0.1) is 0 Å². The quantitative estimate of drug-likeness (QED) is 0.675. The number of nitrogens with zero attached hydrogens (tertiary/aromatic N) is 2. The molecule has 2 N–H and O–H groups in total. The molecule has 0 radical (unpaired) electrons. The summed E-state index contributed by atoms with van der Waals surface area (Å²) in [5.74, 6) is 1.09. The van der Waals surface area contributed by atoms with Crippen LogP contribution in [-0.2, 0) is 0 Å². The first-order chi connectivity index (χ1) is 5.83. The molecular weight excluding hydrogens is 150 g/mol. The van der Waals surface area contributed by atoms with Gasteiger partial charge in [-0.05, 0) is 18.9 Å². The number of nitrogens with two attached hydrogens (primary N) is 1. The molecular formula is C9H13N3. The zero-order valence-corrected chi connectivity index (χ0v) is 7.20. The van der Waals surface area contributed by atoms with E-state index >= 15 is 0 Å². The number of rotatable bonds is 1. The van der Waals surface area contributed by atoms with Crippen molar-refractivity contribution in [2.75, 3.05) is 6.54 Å². The van der Waals surface area contributed by atoms with Crippen LogP contribution in [0.3, 0.4) is 0 Å². The van der Waals surface area contributed by atoms with E-state index in [4.69, 9.17) is 5.73 Å². The molecule has 3 nitrogen and oxygen atoms in total. The highest BCUT2D eigenvalue weighted by atomic mass is 15.1. The standard InChI is InChI=1S/C9H13N3/c1-7-6-8(2-3-10)9-11-4-5-12(7)9/h2,4-5,7H,3,6,10H2,1H3/b8-2-. The SMILES string of the molecule is CC1C/C(=C/CN)c2nccn21. The lowest BCUT2D eigenvalue weighted by Crippen LogP contribution is -1.95. The highest BCUT2D eigenvalue weighted by molar-refractivity contribution is 5.63. The first-order valence-corrected chi connectivity index (χ1v) is 4.25. The minimum Gasteiger partial charge on any atom is -0.328 e. The van der Waals surface area contributed by atoms with Crippen LogP contribution in [0.2, 0.25) is 0 Å². The molecule has 0 aromatic carbocycles. The molecule has 0 saturated heterocycles. The van der Waals surface area contributed by atoms with Crippen LogP contribution < -0.4 is 5.73 Å². The van der Waals surface area contributed by atoms with E-state index in [1.54, 1.807) is 0 Å². The molecule has 3 heteroatoms. The maximum Gasteiger partial charge on any atom is 0.135 e. The van der Waals surface area contributed by atoms with E-state index in [-0.39, 0.29) is 0 Å². The van der Waals surface area contributed by atoms with E-state index in [2.05, 4.69) is 22.6 Å². The Balaban J connectivity index is 2.42. The summed E-state index contributed by atoms with van der Waals surface area (Å²) in [6, 6.07) is 0.542. The van der Waals surface area contributed by atoms with Gasteiger partial charge in [0.1, 0.15) is 5.82 Å². The Kier molecular flexibility index (Phi) is 1.73. The molecule has 2 heterocycles. The molecule has 64 valence electrons. The van der Waals surface area contributed by atoms with Gasteiger partial charge in [-0.25, -0.2) is 4.98 Å². The van der Waals surface area contributed by atoms with Crippen molar-refractivity contribution in [3.63, 3.8) is 0 Å². The van der Waals surface area contributed by atoms with Crippen LogP contribution in [0.15, 0.2) is 18.5 Å². The van der Waals surface area contributed by atoms with Crippen LogP contribution in [0.5, 0.6) is 0 Å². The normalized spacial score (nSPS) is 24.8. The lowest BCUT2D eigenvalue weighted by molar-refractivity contribution is 0.597. The number of fused-ring (bicyclic) bond motifs is 1. The summed E-state index contributed by atoms with van der Waals surface area (Å²) in [5.41, 5.74) is 6.75. The van der Waals surface area contributed by atoms with E-state index in [0.717, 1.165) is 12.2 Å². The Hall–Kier alpha value is -1.09. The minimum atomic E-state index is 0.542. The summed E-state index contributed by atoms with van der Waals surface area (Å²) in [4.78, 5) is 4.29. The Bertz CT molecular complexity index is 311. The summed E-state index contributed by atoms with van der Waals surface area (Å²) < 4.78 is 2.20. The van der Waals surface area contributed by atoms with Crippen LogP contribution in [-0.4, -0.2) is 16.1 Å². The van der Waals surface area contributed by atoms with Gasteiger partial charge in [-0.15, -0.1) is 0 Å². The molecule has 1 unspecified atom stereocenters. The summed E-state index contributed by atoms with van der Waals surface area (Å²) in [6.07, 6.45) is 7.00. The Labute approximate surface area is 71.9 Å². The zero-order chi connectivity index (χ0) is 8.55. The average molecular weight is 163 g/mol. The van der Waals surface area contributed by atoms with Crippen molar-refractivity contribution in [2.45, 2.75) is 19.4 Å². The van der Waals surface area contributed by atoms with Gasteiger partial charge in [0, 0.05) is 25.0 Å². The number of allylic oxidation sites excluding steroid dienone is 1. The predicted molar refractivity (Wildman–Crippen MR) is 48.6 cm³/mol. The molecule has 0 fully saturated rings. The van der Waals surface area contributed by atoms with E-state index in [1.807, 2.05) is 12.4 Å². The van der Waals surface area contributed by atoms with Crippen molar-refractivity contribution in [2.24, 2.45) is 5.73 Å². The number of aromatic nitrogens is 2. The second kappa shape index (κ2) is 2.75. The topological polar surface area (TPSA) is 43.8 Å². The fraction of sp³-hybridized carbons (Fsp3) is 0.444. The minimum absolute atomic E-state index is 0.542. The maximum atomic E-state index is 5.47. The molecule has 1 aromatic heterocycles. The fourth-order valence-corrected chi connectivity index (χ4v) is 1.74. The Morgan fingerprint density at radius 3 is 3.42 bits per heavy atom. The van der Waals surface area contributed by atoms with Crippen LogP contribution in [0.1, 0.15) is 25.2 Å². The van der Waals surface area contributed by atoms with Crippen LogP contribution >= 0.6 is 0 Å². The monoisotopic (exact) mass is 163 g/mol. The van der Waals surface area contributed by atoms with E-state index in [9.17, 15) is 0 Å². The third-order valence-electron chi connectivity index (χ3n) is 2.31. The van der Waals surface area contributed by atoms with Crippen LogP contribution in [0.4, 0.5) is 0 Å². The van der Waals surface area contributed by atoms with E-state index in [0.29, 0.717) is 12.6 Å². The predicted octanol–water partition coefficient (Wildman–Crippen LogP) is 1.19. The largest absolute Gasteiger partial charge is 0.328 e. The van der Waals surface area contributed by atoms with Gasteiger partial charge in [0.15, 0.2) is 0 Å². The lowest BCUT2D eigenvalue weighted by atomic mass is 10.1. The Morgan fingerprint density at radius 1 is 1.83 bits per heavy atom. The maximum absolute atomic E-state index is 5.47. The molecule has 1 aliphatic rings. The Morgan fingerprint density at radius 2 is 2.67 bits per heavy atom. The molecule has 0 aliphatic carbocycles. The van der Waals surface area contributed by atoms with Crippen molar-refractivity contribution in [1.29, 1.82) is 0 Å². The molecule has 1 atom stereocenters. The highest BCUT2D eigenvalue weighted by Crippen LogP contribution is 2.32. The van der Waals surface area contributed by atoms with Gasteiger partial charge in [-0.2, -0.15) is 0 Å². The molecule has 1 aliphatic heterocycles. The highest BCUT2D eigenvalue weighted by Gasteiger charge is 2.22. The second-order valence-electron chi connectivity index (χ2n) is 3.18. The van der Waals surface area contributed by atoms with Gasteiger partial charge in [-0.3, -0.25) is 0 Å². The van der Waals surface area contributed by atoms with Crippen molar-refractivity contribution < 1.29 is 0 Å². The molecule has 0 spiro atoms. The lowest BCUT2D eigenvalue weighted by Gasteiger charge is -2.01. The number of hydrogen-bond acceptors (Lipinski definition) is 2. The van der Waals surface area contributed by atoms with Crippen LogP contribution in [0, 0.1) is 0 Å². The van der Waals surface area contributed by atoms with Crippen molar-refractivity contribution >= 4 is 5.57 Å². The average Bonchev–Trinajstić information content (AvgIpc) is 2.58. The third kappa shape index (κ3) is 0.975. The zero-order valence-electron chi connectivity index (χ0n) is 7.20. The molecule has 12 heavy (non-hydrogen) atoms. The first kappa shape index (κ1) is 7.55. The third-order valence-corrected chi connectivity index (χ3v) is 2.31. The molecule has 0 bridgehead atoms. The molecule has 0 amide bonds. The number of imidazole rings is 1. The van der Waals surface area contributed by atoms with Gasteiger partial charge in [0.2, 0.25) is 0 Å². The van der Waals surface area contributed by atoms with Crippen molar-refractivity contribution in [3.05, 3.63) is 24.3 Å². The fourth-order valence-electron chi connectivity index (χ4n) is 1.74. The van der Waals surface area contributed by atoms with E-state index < -0.39 is 0 Å². The molecule has 1 aromatic rings. The van der Waals surface area contributed by atoms with Gasteiger partial charge in [0.25, 0.3) is 0 Å². The van der Waals surface area contributed by atoms with Gasteiger partial charge < -0.3 is 10.3 Å². The smallest absolute Gasteiger partial charge is 0.135 e. The van der Waals surface area contributed by atoms with Crippen molar-refractivity contribution in [3.8, 4) is 0 Å². The summed E-state index contributed by atoms with van der Waals surface area (Å²) >= 11 is 0. The van der Waals surface area contributed by atoms with Gasteiger partial charge in [-0.1, -0.05) is 6.08 Å². The van der Waals surface area contributed by atoms with Crippen molar-refractivity contribution in [1.82, 2.24) is 9.55 Å². The summed E-state index contributed by atoms with van der Waals surface area (Å²) in [7, 11) is 0. The summed E-state index contributed by atoms with van der Waals surface area (Å²) in [6.45, 7) is 2.80. The van der Waals surface area contributed by atoms with E-state index in [1.165, 1.54) is 5.57 Å². The van der Waals surface area contributed by atoms with Gasteiger partial charge >= 0.3 is 0 Å².